The molecule has 0 fully saturated rings. The van der Waals surface area contributed by atoms with Crippen molar-refractivity contribution in [1.82, 2.24) is 10.6 Å². The zero-order valence-corrected chi connectivity index (χ0v) is 11.1. The van der Waals surface area contributed by atoms with Crippen molar-refractivity contribution in [2.24, 2.45) is 0 Å². The highest BCUT2D eigenvalue weighted by atomic mass is 16.5. The van der Waals surface area contributed by atoms with Gasteiger partial charge in [0.2, 0.25) is 0 Å². The van der Waals surface area contributed by atoms with Crippen LogP contribution in [0.3, 0.4) is 0 Å². The number of aliphatic hydroxyl groups is 1. The minimum Gasteiger partial charge on any atom is -0.480 e. The summed E-state index contributed by atoms with van der Waals surface area (Å²) in [6.45, 7) is 0.558. The molecule has 110 valence electrons. The van der Waals surface area contributed by atoms with Crippen molar-refractivity contribution < 1.29 is 24.5 Å². The summed E-state index contributed by atoms with van der Waals surface area (Å²) in [6, 6.07) is 6.17. The van der Waals surface area contributed by atoms with Crippen LogP contribution in [-0.4, -0.2) is 48.5 Å². The van der Waals surface area contributed by atoms with Gasteiger partial charge < -0.3 is 25.6 Å². The number of methoxy groups -OCH3 is 1. The molecule has 0 spiro atoms. The van der Waals surface area contributed by atoms with Crippen molar-refractivity contribution in [2.45, 2.75) is 12.1 Å². The van der Waals surface area contributed by atoms with Gasteiger partial charge in [-0.25, -0.2) is 9.59 Å². The number of urea groups is 1. The molecule has 1 aromatic rings. The average molecular weight is 282 g/mol. The molecule has 0 aliphatic heterocycles. The van der Waals surface area contributed by atoms with E-state index in [4.69, 9.17) is 9.84 Å². The van der Waals surface area contributed by atoms with Crippen LogP contribution in [0.5, 0.6) is 0 Å². The third-order valence-electron chi connectivity index (χ3n) is 2.60. The lowest BCUT2D eigenvalue weighted by molar-refractivity contribution is -0.142. The summed E-state index contributed by atoms with van der Waals surface area (Å²) in [7, 11) is 1.48. The lowest BCUT2D eigenvalue weighted by atomic mass is 10.0. The summed E-state index contributed by atoms with van der Waals surface area (Å²) in [5, 5.41) is 23.8. The van der Waals surface area contributed by atoms with E-state index >= 15 is 0 Å². The Morgan fingerprint density at radius 2 is 1.95 bits per heavy atom. The van der Waals surface area contributed by atoms with E-state index in [1.165, 1.54) is 7.11 Å². The fourth-order valence-electron chi connectivity index (χ4n) is 1.58. The summed E-state index contributed by atoms with van der Waals surface area (Å²) in [5.41, 5.74) is 0.414. The van der Waals surface area contributed by atoms with Crippen molar-refractivity contribution in [3.05, 3.63) is 35.9 Å². The first-order chi connectivity index (χ1) is 9.56. The van der Waals surface area contributed by atoms with E-state index in [2.05, 4.69) is 10.6 Å². The molecule has 0 aliphatic carbocycles. The highest BCUT2D eigenvalue weighted by Gasteiger charge is 2.29. The molecule has 0 aromatic heterocycles. The Kier molecular flexibility index (Phi) is 6.48. The maximum Gasteiger partial charge on any atom is 0.329 e. The summed E-state index contributed by atoms with van der Waals surface area (Å²) in [4.78, 5) is 22.7. The summed E-state index contributed by atoms with van der Waals surface area (Å²) in [5.74, 6) is -1.32. The van der Waals surface area contributed by atoms with Gasteiger partial charge in [-0.05, 0) is 5.56 Å². The number of carbonyl (C=O) groups excluding carboxylic acids is 1. The van der Waals surface area contributed by atoms with Gasteiger partial charge >= 0.3 is 12.0 Å². The van der Waals surface area contributed by atoms with Gasteiger partial charge in [0, 0.05) is 13.7 Å². The van der Waals surface area contributed by atoms with Gasteiger partial charge in [0.15, 0.2) is 6.04 Å². The molecule has 0 heterocycles. The molecule has 7 nitrogen and oxygen atoms in total. The number of rotatable bonds is 7. The molecule has 0 saturated carbocycles. The van der Waals surface area contributed by atoms with Crippen molar-refractivity contribution in [2.75, 3.05) is 20.3 Å². The van der Waals surface area contributed by atoms with Crippen molar-refractivity contribution in [3.63, 3.8) is 0 Å². The van der Waals surface area contributed by atoms with E-state index in [1.807, 2.05) is 0 Å². The molecule has 0 bridgehead atoms. The number of hydrogen-bond donors (Lipinski definition) is 4. The van der Waals surface area contributed by atoms with Crippen molar-refractivity contribution >= 4 is 12.0 Å². The van der Waals surface area contributed by atoms with Crippen LogP contribution < -0.4 is 10.6 Å². The first kappa shape index (κ1) is 15.9. The normalized spacial score (nSPS) is 13.3. The third kappa shape index (κ3) is 4.87. The Labute approximate surface area is 116 Å². The molecule has 1 rings (SSSR count). The average Bonchev–Trinajstić information content (AvgIpc) is 2.45. The monoisotopic (exact) mass is 282 g/mol. The number of aliphatic carboxylic acids is 1. The number of ether oxygens (including phenoxy) is 1. The number of carboxylic acid groups (broad SMARTS) is 1. The maximum atomic E-state index is 11.5. The van der Waals surface area contributed by atoms with Gasteiger partial charge in [-0.15, -0.1) is 0 Å². The third-order valence-corrected chi connectivity index (χ3v) is 2.60. The Bertz CT molecular complexity index is 438. The lowest BCUT2D eigenvalue weighted by Gasteiger charge is -2.21. The fraction of sp³-hybridized carbons (Fsp3) is 0.385. The molecule has 0 radical (unpaired) electrons. The second-order valence-corrected chi connectivity index (χ2v) is 4.06. The van der Waals surface area contributed by atoms with Crippen LogP contribution in [0, 0.1) is 0 Å². The van der Waals surface area contributed by atoms with Gasteiger partial charge in [0.1, 0.15) is 6.10 Å². The number of amides is 2. The van der Waals surface area contributed by atoms with Crippen LogP contribution in [0.2, 0.25) is 0 Å². The number of carboxylic acids is 1. The quantitative estimate of drug-likeness (QED) is 0.531. The summed E-state index contributed by atoms with van der Waals surface area (Å²) < 4.78 is 4.75. The van der Waals surface area contributed by atoms with Crippen molar-refractivity contribution in [3.8, 4) is 0 Å². The smallest absolute Gasteiger partial charge is 0.329 e. The predicted octanol–water partition coefficient (Wildman–Crippen LogP) is 0.119. The highest BCUT2D eigenvalue weighted by Crippen LogP contribution is 2.16. The Morgan fingerprint density at radius 3 is 2.50 bits per heavy atom. The molecule has 2 unspecified atom stereocenters. The maximum absolute atomic E-state index is 11.5. The molecule has 0 saturated heterocycles. The van der Waals surface area contributed by atoms with Crippen LogP contribution in [0.25, 0.3) is 0 Å². The zero-order chi connectivity index (χ0) is 15.0. The molecule has 7 heteroatoms. The van der Waals surface area contributed by atoms with Gasteiger partial charge in [0.05, 0.1) is 6.61 Å². The van der Waals surface area contributed by atoms with Crippen LogP contribution >= 0.6 is 0 Å². The van der Waals surface area contributed by atoms with Gasteiger partial charge in [0.25, 0.3) is 0 Å². The van der Waals surface area contributed by atoms with E-state index in [9.17, 15) is 14.7 Å². The Hall–Kier alpha value is -2.12. The van der Waals surface area contributed by atoms with Gasteiger partial charge in [-0.2, -0.15) is 0 Å². The molecule has 2 amide bonds. The van der Waals surface area contributed by atoms with Crippen LogP contribution in [0.1, 0.15) is 11.7 Å². The minimum absolute atomic E-state index is 0.246. The standard InChI is InChI=1S/C13H18N2O5/c1-20-8-7-14-13(19)15-10(12(17)18)11(16)9-5-3-2-4-6-9/h2-6,10-11,16H,7-8H2,1H3,(H,17,18)(H2,14,15,19). The largest absolute Gasteiger partial charge is 0.480 e. The van der Waals surface area contributed by atoms with Gasteiger partial charge in [-0.1, -0.05) is 30.3 Å². The molecule has 1 aromatic carbocycles. The SMILES string of the molecule is COCCNC(=O)NC(C(=O)O)C(O)c1ccccc1. The van der Waals surface area contributed by atoms with E-state index in [1.54, 1.807) is 30.3 Å². The number of nitrogens with one attached hydrogen (secondary N) is 2. The molecular weight excluding hydrogens is 264 g/mol. The minimum atomic E-state index is -1.43. The predicted molar refractivity (Wildman–Crippen MR) is 71.2 cm³/mol. The van der Waals surface area contributed by atoms with E-state index in [0.717, 1.165) is 0 Å². The zero-order valence-electron chi connectivity index (χ0n) is 11.1. The first-order valence-electron chi connectivity index (χ1n) is 6.05. The highest BCUT2D eigenvalue weighted by molar-refractivity contribution is 5.83. The second-order valence-electron chi connectivity index (χ2n) is 4.06. The first-order valence-corrected chi connectivity index (χ1v) is 6.05. The summed E-state index contributed by atoms with van der Waals surface area (Å²) in [6.07, 6.45) is -1.33. The number of hydrogen-bond acceptors (Lipinski definition) is 4. The lowest BCUT2D eigenvalue weighted by Crippen LogP contribution is -2.49. The fourth-order valence-corrected chi connectivity index (χ4v) is 1.58. The van der Waals surface area contributed by atoms with Crippen LogP contribution in [0.15, 0.2) is 30.3 Å². The molecule has 2 atom stereocenters. The molecule has 0 aliphatic rings. The Balaban J connectivity index is 2.65. The number of benzene rings is 1. The van der Waals surface area contributed by atoms with Crippen molar-refractivity contribution in [1.29, 1.82) is 0 Å². The molecule has 20 heavy (non-hydrogen) atoms. The topological polar surface area (TPSA) is 108 Å². The number of carbonyl (C=O) groups is 2. The number of aliphatic hydroxyl groups excluding tert-OH is 1. The van der Waals surface area contributed by atoms with Crippen LogP contribution in [0.4, 0.5) is 4.79 Å². The van der Waals surface area contributed by atoms with Gasteiger partial charge in [-0.3, -0.25) is 0 Å². The van der Waals surface area contributed by atoms with E-state index in [0.29, 0.717) is 12.2 Å². The molecular formula is C13H18N2O5. The Morgan fingerprint density at radius 1 is 1.30 bits per heavy atom. The summed E-state index contributed by atoms with van der Waals surface area (Å²) >= 11 is 0. The molecule has 4 N–H and O–H groups in total. The van der Waals surface area contributed by atoms with E-state index in [-0.39, 0.29) is 6.54 Å². The van der Waals surface area contributed by atoms with E-state index < -0.39 is 24.1 Å². The van der Waals surface area contributed by atoms with Crippen LogP contribution in [-0.2, 0) is 9.53 Å². The second kappa shape index (κ2) is 8.13.